The number of hydrogen-bond acceptors (Lipinski definition) is 4. The van der Waals surface area contributed by atoms with Crippen LogP contribution in [0.2, 0.25) is 0 Å². The molecule has 2 aromatic heterocycles. The highest BCUT2D eigenvalue weighted by Gasteiger charge is 2.13. The Kier molecular flexibility index (Phi) is 4.08. The van der Waals surface area contributed by atoms with Gasteiger partial charge in [-0.2, -0.15) is 4.98 Å². The van der Waals surface area contributed by atoms with Gasteiger partial charge < -0.3 is 5.73 Å². The third-order valence-corrected chi connectivity index (χ3v) is 3.62. The quantitative estimate of drug-likeness (QED) is 0.775. The molecular weight excluding hydrogens is 290 g/mol. The van der Waals surface area contributed by atoms with Gasteiger partial charge in [-0.05, 0) is 23.3 Å². The summed E-state index contributed by atoms with van der Waals surface area (Å²) in [5, 5.41) is 7.04. The maximum absolute atomic E-state index is 11.8. The average Bonchev–Trinajstić information content (AvgIpc) is 2.97. The maximum atomic E-state index is 11.8. The Hall–Kier alpha value is -2.73. The molecule has 0 saturated carbocycles. The van der Waals surface area contributed by atoms with E-state index in [1.54, 1.807) is 4.52 Å². The number of benzene rings is 1. The molecule has 2 heterocycles. The fraction of sp³-hybridized carbons (Fsp3) is 0.235. The van der Waals surface area contributed by atoms with Crippen LogP contribution in [-0.2, 0) is 11.3 Å². The van der Waals surface area contributed by atoms with Crippen molar-refractivity contribution < 1.29 is 4.79 Å². The second-order valence-electron chi connectivity index (χ2n) is 5.67. The predicted molar refractivity (Wildman–Crippen MR) is 89.8 cm³/mol. The van der Waals surface area contributed by atoms with E-state index < -0.39 is 0 Å². The van der Waals surface area contributed by atoms with Crippen LogP contribution in [0.1, 0.15) is 19.4 Å². The molecule has 1 aromatic carbocycles. The number of carbonyl (C=O) groups excluding carboxylic acids is 1. The summed E-state index contributed by atoms with van der Waals surface area (Å²) in [6.07, 6.45) is 1.81. The molecule has 0 radical (unpaired) electrons. The number of amides is 1. The van der Waals surface area contributed by atoms with Gasteiger partial charge >= 0.3 is 0 Å². The molecule has 118 valence electrons. The molecule has 3 aromatic rings. The first-order chi connectivity index (χ1) is 11.1. The lowest BCUT2D eigenvalue weighted by Crippen LogP contribution is -2.18. The summed E-state index contributed by atoms with van der Waals surface area (Å²) < 4.78 is 1.67. The molecular formula is C17H19N5O. The van der Waals surface area contributed by atoms with Crippen molar-refractivity contribution in [1.82, 2.24) is 14.6 Å². The summed E-state index contributed by atoms with van der Waals surface area (Å²) in [5.41, 5.74) is 9.40. The van der Waals surface area contributed by atoms with Gasteiger partial charge in [0, 0.05) is 24.2 Å². The minimum absolute atomic E-state index is 0.102. The molecule has 0 aliphatic heterocycles. The normalized spacial score (nSPS) is 11.1. The molecule has 1 amide bonds. The number of fused-ring (bicyclic) bond motifs is 1. The molecule has 0 bridgehead atoms. The highest BCUT2D eigenvalue weighted by molar-refractivity contribution is 5.91. The van der Waals surface area contributed by atoms with Gasteiger partial charge in [-0.15, -0.1) is 5.10 Å². The van der Waals surface area contributed by atoms with Gasteiger partial charge in [-0.25, -0.2) is 4.52 Å². The Morgan fingerprint density at radius 1 is 1.26 bits per heavy atom. The zero-order valence-corrected chi connectivity index (χ0v) is 13.2. The van der Waals surface area contributed by atoms with Gasteiger partial charge in [0.05, 0.1) is 0 Å². The molecule has 3 N–H and O–H groups in total. The molecule has 3 rings (SSSR count). The van der Waals surface area contributed by atoms with E-state index in [0.717, 1.165) is 16.7 Å². The minimum atomic E-state index is -0.120. The summed E-state index contributed by atoms with van der Waals surface area (Å²) in [6.45, 7) is 4.17. The van der Waals surface area contributed by atoms with E-state index in [4.69, 9.17) is 5.73 Å². The topological polar surface area (TPSA) is 85.3 Å². The minimum Gasteiger partial charge on any atom is -0.326 e. The first-order valence-electron chi connectivity index (χ1n) is 7.54. The van der Waals surface area contributed by atoms with Crippen molar-refractivity contribution >= 4 is 17.5 Å². The SMILES string of the molecule is CC(C)C(=O)Nc1nc2c(-c3ccc(CN)cc3)cccn2n1. The Labute approximate surface area is 134 Å². The van der Waals surface area contributed by atoms with Crippen molar-refractivity contribution in [3.8, 4) is 11.1 Å². The number of hydrogen-bond donors (Lipinski definition) is 2. The van der Waals surface area contributed by atoms with E-state index in [1.165, 1.54) is 0 Å². The zero-order valence-electron chi connectivity index (χ0n) is 13.2. The van der Waals surface area contributed by atoms with Crippen molar-refractivity contribution in [1.29, 1.82) is 0 Å². The number of pyridine rings is 1. The van der Waals surface area contributed by atoms with Crippen LogP contribution in [0.15, 0.2) is 42.6 Å². The number of anilines is 1. The van der Waals surface area contributed by atoms with Gasteiger partial charge in [0.25, 0.3) is 0 Å². The Morgan fingerprint density at radius 3 is 2.65 bits per heavy atom. The van der Waals surface area contributed by atoms with Crippen molar-refractivity contribution in [3.63, 3.8) is 0 Å². The third kappa shape index (κ3) is 3.07. The third-order valence-electron chi connectivity index (χ3n) is 3.62. The van der Waals surface area contributed by atoms with Crippen molar-refractivity contribution in [2.24, 2.45) is 11.7 Å². The van der Waals surface area contributed by atoms with Gasteiger partial charge in [-0.1, -0.05) is 38.1 Å². The van der Waals surface area contributed by atoms with Gasteiger partial charge in [0.2, 0.25) is 11.9 Å². The van der Waals surface area contributed by atoms with Gasteiger partial charge in [0.1, 0.15) is 0 Å². The Balaban J connectivity index is 2.00. The molecule has 0 fully saturated rings. The molecule has 0 atom stereocenters. The van der Waals surface area contributed by atoms with Crippen LogP contribution in [0.3, 0.4) is 0 Å². The van der Waals surface area contributed by atoms with Crippen LogP contribution in [0, 0.1) is 5.92 Å². The molecule has 0 saturated heterocycles. The first kappa shape index (κ1) is 15.2. The fourth-order valence-electron chi connectivity index (χ4n) is 2.26. The molecule has 6 heteroatoms. The average molecular weight is 309 g/mol. The van der Waals surface area contributed by atoms with Crippen LogP contribution >= 0.6 is 0 Å². The lowest BCUT2D eigenvalue weighted by Gasteiger charge is -2.04. The summed E-state index contributed by atoms with van der Waals surface area (Å²) in [5.74, 6) is 0.0920. The summed E-state index contributed by atoms with van der Waals surface area (Å²) in [7, 11) is 0. The van der Waals surface area contributed by atoms with Gasteiger partial charge in [0.15, 0.2) is 5.65 Å². The van der Waals surface area contributed by atoms with E-state index in [9.17, 15) is 4.79 Å². The van der Waals surface area contributed by atoms with Gasteiger partial charge in [-0.3, -0.25) is 10.1 Å². The van der Waals surface area contributed by atoms with Crippen LogP contribution in [0.5, 0.6) is 0 Å². The lowest BCUT2D eigenvalue weighted by molar-refractivity contribution is -0.118. The number of nitrogens with zero attached hydrogens (tertiary/aromatic N) is 3. The van der Waals surface area contributed by atoms with E-state index >= 15 is 0 Å². The zero-order chi connectivity index (χ0) is 16.4. The van der Waals surface area contributed by atoms with Crippen molar-refractivity contribution in [2.75, 3.05) is 5.32 Å². The molecule has 6 nitrogen and oxygen atoms in total. The predicted octanol–water partition coefficient (Wildman–Crippen LogP) is 2.45. The molecule has 0 spiro atoms. The van der Waals surface area contributed by atoms with Crippen molar-refractivity contribution in [3.05, 3.63) is 48.2 Å². The molecule has 0 aliphatic carbocycles. The summed E-state index contributed by atoms with van der Waals surface area (Å²) in [6, 6.07) is 11.9. The molecule has 0 unspecified atom stereocenters. The summed E-state index contributed by atoms with van der Waals surface area (Å²) >= 11 is 0. The van der Waals surface area contributed by atoms with E-state index in [0.29, 0.717) is 18.1 Å². The Bertz CT molecular complexity index is 836. The Morgan fingerprint density at radius 2 is 2.00 bits per heavy atom. The number of rotatable bonds is 4. The molecule has 0 aliphatic rings. The number of aromatic nitrogens is 3. The van der Waals surface area contributed by atoms with Crippen LogP contribution in [0.25, 0.3) is 16.8 Å². The monoisotopic (exact) mass is 309 g/mol. The van der Waals surface area contributed by atoms with E-state index in [-0.39, 0.29) is 11.8 Å². The van der Waals surface area contributed by atoms with E-state index in [1.807, 2.05) is 56.4 Å². The van der Waals surface area contributed by atoms with Crippen LogP contribution < -0.4 is 11.1 Å². The first-order valence-corrected chi connectivity index (χ1v) is 7.54. The van der Waals surface area contributed by atoms with Crippen molar-refractivity contribution in [2.45, 2.75) is 20.4 Å². The number of nitrogens with one attached hydrogen (secondary N) is 1. The highest BCUT2D eigenvalue weighted by Crippen LogP contribution is 2.24. The standard InChI is InChI=1S/C17H19N5O/c1-11(2)16(23)20-17-19-15-14(4-3-9-22(15)21-17)13-7-5-12(10-18)6-8-13/h3-9,11H,10,18H2,1-2H3,(H,20,21,23). The van der Waals surface area contributed by atoms with Crippen LogP contribution in [-0.4, -0.2) is 20.5 Å². The lowest BCUT2D eigenvalue weighted by atomic mass is 10.1. The second-order valence-corrected chi connectivity index (χ2v) is 5.67. The maximum Gasteiger partial charge on any atom is 0.249 e. The van der Waals surface area contributed by atoms with Crippen LogP contribution in [0.4, 0.5) is 5.95 Å². The molecule has 23 heavy (non-hydrogen) atoms. The number of nitrogens with two attached hydrogens (primary N) is 1. The van der Waals surface area contributed by atoms with E-state index in [2.05, 4.69) is 15.4 Å². The number of carbonyl (C=O) groups is 1. The summed E-state index contributed by atoms with van der Waals surface area (Å²) in [4.78, 5) is 16.3. The highest BCUT2D eigenvalue weighted by atomic mass is 16.2. The second kappa shape index (κ2) is 6.18. The smallest absolute Gasteiger partial charge is 0.249 e. The largest absolute Gasteiger partial charge is 0.326 e. The fourth-order valence-corrected chi connectivity index (χ4v) is 2.26.